The molecular formula is C17H18N2O2. The van der Waals surface area contributed by atoms with Gasteiger partial charge in [0.25, 0.3) is 5.91 Å². The van der Waals surface area contributed by atoms with Gasteiger partial charge in [0.05, 0.1) is 0 Å². The van der Waals surface area contributed by atoms with Gasteiger partial charge in [-0.25, -0.2) is 0 Å². The van der Waals surface area contributed by atoms with Crippen molar-refractivity contribution in [2.75, 3.05) is 7.05 Å². The maximum Gasteiger partial charge on any atom is 0.253 e. The maximum atomic E-state index is 12.5. The molecule has 2 aromatic carbocycles. The molecule has 1 heterocycles. The normalized spacial score (nSPS) is 13.0. The quantitative estimate of drug-likeness (QED) is 0.908. The van der Waals surface area contributed by atoms with Crippen molar-refractivity contribution in [1.82, 2.24) is 10.2 Å². The number of carbonyl (C=O) groups is 1. The molecule has 4 heteroatoms. The van der Waals surface area contributed by atoms with Crippen LogP contribution in [0.3, 0.4) is 0 Å². The van der Waals surface area contributed by atoms with Gasteiger partial charge in [0.2, 0.25) is 0 Å². The molecule has 1 amide bonds. The molecular weight excluding hydrogens is 264 g/mol. The van der Waals surface area contributed by atoms with Crippen molar-refractivity contribution < 1.29 is 9.90 Å². The Balaban J connectivity index is 1.75. The summed E-state index contributed by atoms with van der Waals surface area (Å²) in [6, 6.07) is 12.9. The van der Waals surface area contributed by atoms with E-state index in [1.807, 2.05) is 24.3 Å². The number of carbonyl (C=O) groups excluding carboxylic acids is 1. The zero-order valence-electron chi connectivity index (χ0n) is 12.0. The summed E-state index contributed by atoms with van der Waals surface area (Å²) in [7, 11) is 1.78. The molecule has 108 valence electrons. The predicted octanol–water partition coefficient (Wildman–Crippen LogP) is 2.27. The fraction of sp³-hybridized carbons (Fsp3) is 0.235. The number of nitrogens with zero attached hydrogens (tertiary/aromatic N) is 1. The molecule has 0 aromatic heterocycles. The summed E-state index contributed by atoms with van der Waals surface area (Å²) in [6.07, 6.45) is 0. The molecule has 0 unspecified atom stereocenters. The average molecular weight is 282 g/mol. The highest BCUT2D eigenvalue weighted by Gasteiger charge is 2.16. The molecule has 3 rings (SSSR count). The molecule has 0 atom stereocenters. The van der Waals surface area contributed by atoms with Crippen LogP contribution in [0.15, 0.2) is 42.5 Å². The Morgan fingerprint density at radius 2 is 2.00 bits per heavy atom. The van der Waals surface area contributed by atoms with Gasteiger partial charge in [-0.2, -0.15) is 0 Å². The van der Waals surface area contributed by atoms with Crippen LogP contribution in [-0.2, 0) is 19.6 Å². The van der Waals surface area contributed by atoms with Crippen LogP contribution in [0.5, 0.6) is 5.75 Å². The third kappa shape index (κ3) is 2.90. The van der Waals surface area contributed by atoms with Crippen molar-refractivity contribution in [2.45, 2.75) is 19.6 Å². The van der Waals surface area contributed by atoms with Crippen LogP contribution in [0.4, 0.5) is 0 Å². The Kier molecular flexibility index (Phi) is 3.62. The van der Waals surface area contributed by atoms with E-state index in [4.69, 9.17) is 0 Å². The maximum absolute atomic E-state index is 12.5. The molecule has 0 bridgehead atoms. The second kappa shape index (κ2) is 5.58. The Labute approximate surface area is 124 Å². The van der Waals surface area contributed by atoms with Crippen molar-refractivity contribution in [3.05, 3.63) is 64.7 Å². The number of phenolic OH excluding ortho intramolecular Hbond substituents is 1. The fourth-order valence-corrected chi connectivity index (χ4v) is 2.65. The largest absolute Gasteiger partial charge is 0.508 e. The summed E-state index contributed by atoms with van der Waals surface area (Å²) >= 11 is 0. The molecule has 0 saturated carbocycles. The first-order valence-corrected chi connectivity index (χ1v) is 6.99. The van der Waals surface area contributed by atoms with Gasteiger partial charge in [-0.15, -0.1) is 0 Å². The van der Waals surface area contributed by atoms with Gasteiger partial charge >= 0.3 is 0 Å². The van der Waals surface area contributed by atoms with Crippen LogP contribution in [0, 0.1) is 0 Å². The molecule has 2 N–H and O–H groups in total. The standard InChI is InChI=1S/C17H18N2O2/c1-19(11-12-3-2-4-16(20)7-12)17(21)13-5-6-14-9-18-10-15(14)8-13/h2-8,18,20H,9-11H2,1H3. The van der Waals surface area contributed by atoms with Crippen molar-refractivity contribution >= 4 is 5.91 Å². The zero-order valence-corrected chi connectivity index (χ0v) is 12.0. The molecule has 0 saturated heterocycles. The number of fused-ring (bicyclic) bond motifs is 1. The summed E-state index contributed by atoms with van der Waals surface area (Å²) < 4.78 is 0. The van der Waals surface area contributed by atoms with Gasteiger partial charge in [0, 0.05) is 32.2 Å². The molecule has 0 spiro atoms. The first kappa shape index (κ1) is 13.6. The van der Waals surface area contributed by atoms with E-state index >= 15 is 0 Å². The highest BCUT2D eigenvalue weighted by molar-refractivity contribution is 5.94. The van der Waals surface area contributed by atoms with E-state index in [9.17, 15) is 9.90 Å². The number of hydrogen-bond donors (Lipinski definition) is 2. The van der Waals surface area contributed by atoms with Crippen molar-refractivity contribution in [3.63, 3.8) is 0 Å². The van der Waals surface area contributed by atoms with Gasteiger partial charge in [-0.05, 0) is 41.0 Å². The first-order valence-electron chi connectivity index (χ1n) is 6.99. The van der Waals surface area contributed by atoms with Crippen LogP contribution in [0.2, 0.25) is 0 Å². The summed E-state index contributed by atoms with van der Waals surface area (Å²) in [5.74, 6) is 0.213. The highest BCUT2D eigenvalue weighted by atomic mass is 16.3. The van der Waals surface area contributed by atoms with Gasteiger partial charge < -0.3 is 15.3 Å². The summed E-state index contributed by atoms with van der Waals surface area (Å²) in [4.78, 5) is 14.1. The molecule has 21 heavy (non-hydrogen) atoms. The number of aromatic hydroxyl groups is 1. The minimum Gasteiger partial charge on any atom is -0.508 e. The van der Waals surface area contributed by atoms with Gasteiger partial charge in [-0.3, -0.25) is 4.79 Å². The third-order valence-corrected chi connectivity index (χ3v) is 3.76. The van der Waals surface area contributed by atoms with Crippen LogP contribution in [0.25, 0.3) is 0 Å². The number of hydrogen-bond acceptors (Lipinski definition) is 3. The zero-order chi connectivity index (χ0) is 14.8. The molecule has 0 fully saturated rings. The second-order valence-electron chi connectivity index (χ2n) is 5.42. The van der Waals surface area contributed by atoms with Crippen LogP contribution in [0.1, 0.15) is 27.0 Å². The van der Waals surface area contributed by atoms with Crippen LogP contribution in [-0.4, -0.2) is 23.0 Å². The number of amides is 1. The Morgan fingerprint density at radius 1 is 1.19 bits per heavy atom. The van der Waals surface area contributed by atoms with Crippen LogP contribution >= 0.6 is 0 Å². The van der Waals surface area contributed by atoms with E-state index < -0.39 is 0 Å². The van der Waals surface area contributed by atoms with E-state index in [1.54, 1.807) is 30.1 Å². The number of benzene rings is 2. The molecule has 1 aliphatic heterocycles. The van der Waals surface area contributed by atoms with Crippen molar-refractivity contribution in [3.8, 4) is 5.75 Å². The number of rotatable bonds is 3. The summed E-state index contributed by atoms with van der Waals surface area (Å²) in [6.45, 7) is 2.18. The molecule has 2 aromatic rings. The lowest BCUT2D eigenvalue weighted by atomic mass is 10.1. The lowest BCUT2D eigenvalue weighted by Crippen LogP contribution is -2.26. The summed E-state index contributed by atoms with van der Waals surface area (Å²) in [5, 5.41) is 12.8. The van der Waals surface area contributed by atoms with Gasteiger partial charge in [0.1, 0.15) is 5.75 Å². The SMILES string of the molecule is CN(Cc1cccc(O)c1)C(=O)c1ccc2c(c1)CNC2. The van der Waals surface area contributed by atoms with Crippen molar-refractivity contribution in [2.24, 2.45) is 0 Å². The van der Waals surface area contributed by atoms with E-state index in [0.29, 0.717) is 12.1 Å². The fourth-order valence-electron chi connectivity index (χ4n) is 2.65. The van der Waals surface area contributed by atoms with E-state index in [1.165, 1.54) is 11.1 Å². The lowest BCUT2D eigenvalue weighted by Gasteiger charge is -2.18. The molecule has 4 nitrogen and oxygen atoms in total. The van der Waals surface area contributed by atoms with E-state index in [-0.39, 0.29) is 11.7 Å². The van der Waals surface area contributed by atoms with Gasteiger partial charge in [-0.1, -0.05) is 18.2 Å². The molecule has 0 radical (unpaired) electrons. The topological polar surface area (TPSA) is 52.6 Å². The first-order chi connectivity index (χ1) is 10.1. The van der Waals surface area contributed by atoms with E-state index in [2.05, 4.69) is 5.32 Å². The second-order valence-corrected chi connectivity index (χ2v) is 5.42. The van der Waals surface area contributed by atoms with Gasteiger partial charge in [0.15, 0.2) is 0 Å². The minimum atomic E-state index is -0.00644. The lowest BCUT2D eigenvalue weighted by molar-refractivity contribution is 0.0785. The Bertz CT molecular complexity index is 682. The van der Waals surface area contributed by atoms with Crippen LogP contribution < -0.4 is 5.32 Å². The Hall–Kier alpha value is -2.33. The monoisotopic (exact) mass is 282 g/mol. The Morgan fingerprint density at radius 3 is 2.81 bits per heavy atom. The minimum absolute atomic E-state index is 0.00644. The summed E-state index contributed by atoms with van der Waals surface area (Å²) in [5.41, 5.74) is 4.09. The number of nitrogens with one attached hydrogen (secondary N) is 1. The molecule has 0 aliphatic carbocycles. The number of phenols is 1. The average Bonchev–Trinajstić information content (AvgIpc) is 2.93. The predicted molar refractivity (Wildman–Crippen MR) is 80.9 cm³/mol. The molecule has 1 aliphatic rings. The van der Waals surface area contributed by atoms with E-state index in [0.717, 1.165) is 18.7 Å². The highest BCUT2D eigenvalue weighted by Crippen LogP contribution is 2.19. The van der Waals surface area contributed by atoms with Crippen molar-refractivity contribution in [1.29, 1.82) is 0 Å². The third-order valence-electron chi connectivity index (χ3n) is 3.76. The smallest absolute Gasteiger partial charge is 0.253 e.